The number of ether oxygens (including phenoxy) is 2. The third-order valence-electron chi connectivity index (χ3n) is 4.92. The van der Waals surface area contributed by atoms with Crippen LogP contribution in [0, 0.1) is 12.8 Å². The SMILES string of the molecule is CC.CCC(C)C(=O)CN.CNCc1ccc(OC)c(Cc2cccc(C)c2)c1OC. The van der Waals surface area contributed by atoms with Crippen LogP contribution in [0.3, 0.4) is 0 Å². The Bertz CT molecular complexity index is 775. The highest BCUT2D eigenvalue weighted by molar-refractivity contribution is 5.82. The first-order valence-corrected chi connectivity index (χ1v) is 11.1. The van der Waals surface area contributed by atoms with Gasteiger partial charge < -0.3 is 20.5 Å². The highest BCUT2D eigenvalue weighted by atomic mass is 16.5. The summed E-state index contributed by atoms with van der Waals surface area (Å²) < 4.78 is 11.2. The van der Waals surface area contributed by atoms with Crippen LogP contribution in [0.2, 0.25) is 0 Å². The van der Waals surface area contributed by atoms with Crippen LogP contribution in [0.15, 0.2) is 36.4 Å². The molecule has 0 amide bonds. The number of nitrogens with two attached hydrogens (primary N) is 1. The molecule has 0 aliphatic heterocycles. The van der Waals surface area contributed by atoms with Crippen LogP contribution in [0.5, 0.6) is 11.5 Å². The topological polar surface area (TPSA) is 73.6 Å². The van der Waals surface area contributed by atoms with Crippen molar-refractivity contribution in [3.05, 3.63) is 58.7 Å². The lowest BCUT2D eigenvalue weighted by Gasteiger charge is -2.17. The summed E-state index contributed by atoms with van der Waals surface area (Å²) in [7, 11) is 5.35. The number of nitrogens with one attached hydrogen (secondary N) is 1. The summed E-state index contributed by atoms with van der Waals surface area (Å²) in [5.41, 5.74) is 9.86. The Labute approximate surface area is 189 Å². The van der Waals surface area contributed by atoms with Gasteiger partial charge >= 0.3 is 0 Å². The number of hydrogen-bond acceptors (Lipinski definition) is 5. The van der Waals surface area contributed by atoms with E-state index in [0.29, 0.717) is 0 Å². The minimum atomic E-state index is 0.153. The average Bonchev–Trinajstić information content (AvgIpc) is 2.80. The molecule has 0 fully saturated rings. The van der Waals surface area contributed by atoms with Crippen molar-refractivity contribution in [2.75, 3.05) is 27.8 Å². The van der Waals surface area contributed by atoms with Crippen LogP contribution in [0.4, 0.5) is 0 Å². The van der Waals surface area contributed by atoms with E-state index in [1.54, 1.807) is 14.2 Å². The second-order valence-electron chi connectivity index (χ2n) is 7.11. The largest absolute Gasteiger partial charge is 0.496 e. The number of rotatable bonds is 9. The molecule has 0 saturated carbocycles. The molecular weight excluding hydrogens is 388 g/mol. The third-order valence-corrected chi connectivity index (χ3v) is 4.92. The number of carbonyl (C=O) groups is 1. The first-order valence-electron chi connectivity index (χ1n) is 11.1. The standard InChI is InChI=1S/C18H23NO2.C6H13NO.C2H6/c1-13-6-5-7-14(10-13)11-16-17(20-3)9-8-15(12-19-2)18(16)21-4;1-3-5(2)6(8)4-7;1-2/h5-10,19H,11-12H2,1-4H3;5H,3-4,7H2,1-2H3;1-2H3. The molecule has 0 aromatic heterocycles. The number of aryl methyl sites for hydroxylation is 1. The molecule has 0 heterocycles. The normalized spacial score (nSPS) is 10.7. The molecule has 3 N–H and O–H groups in total. The number of Topliss-reactive ketones (excluding diaryl/α,β-unsaturated/α-hetero) is 1. The maximum Gasteiger partial charge on any atom is 0.149 e. The van der Waals surface area contributed by atoms with Crippen LogP contribution >= 0.6 is 0 Å². The fourth-order valence-electron chi connectivity index (χ4n) is 3.06. The quantitative estimate of drug-likeness (QED) is 0.591. The monoisotopic (exact) mass is 430 g/mol. The average molecular weight is 431 g/mol. The van der Waals surface area contributed by atoms with E-state index in [1.165, 1.54) is 11.1 Å². The maximum atomic E-state index is 10.6. The zero-order valence-corrected chi connectivity index (χ0v) is 20.7. The van der Waals surface area contributed by atoms with Crippen molar-refractivity contribution < 1.29 is 14.3 Å². The van der Waals surface area contributed by atoms with Gasteiger partial charge in [0.1, 0.15) is 17.3 Å². The van der Waals surface area contributed by atoms with Crippen LogP contribution in [0.25, 0.3) is 0 Å². The molecule has 0 bridgehead atoms. The molecule has 0 saturated heterocycles. The van der Waals surface area contributed by atoms with E-state index in [9.17, 15) is 4.79 Å². The molecule has 5 heteroatoms. The zero-order chi connectivity index (χ0) is 23.8. The fourth-order valence-corrected chi connectivity index (χ4v) is 3.06. The Balaban J connectivity index is 0.000000762. The van der Waals surface area contributed by atoms with Crippen LogP contribution in [0.1, 0.15) is 56.4 Å². The van der Waals surface area contributed by atoms with E-state index in [2.05, 4.69) is 36.5 Å². The van der Waals surface area contributed by atoms with Gasteiger partial charge in [-0.15, -0.1) is 0 Å². The predicted molar refractivity (Wildman–Crippen MR) is 131 cm³/mol. The molecule has 5 nitrogen and oxygen atoms in total. The minimum Gasteiger partial charge on any atom is -0.496 e. The van der Waals surface area contributed by atoms with Crippen molar-refractivity contribution in [2.45, 2.75) is 54.0 Å². The lowest BCUT2D eigenvalue weighted by atomic mass is 9.99. The second kappa shape index (κ2) is 16.3. The molecule has 1 unspecified atom stereocenters. The van der Waals surface area contributed by atoms with Gasteiger partial charge in [0.15, 0.2) is 0 Å². The molecular formula is C26H42N2O3. The van der Waals surface area contributed by atoms with Gasteiger partial charge in [-0.25, -0.2) is 0 Å². The van der Waals surface area contributed by atoms with E-state index in [0.717, 1.165) is 42.0 Å². The third kappa shape index (κ3) is 9.53. The van der Waals surface area contributed by atoms with Crippen molar-refractivity contribution >= 4 is 5.78 Å². The van der Waals surface area contributed by atoms with E-state index >= 15 is 0 Å². The van der Waals surface area contributed by atoms with Crippen molar-refractivity contribution in [1.82, 2.24) is 5.32 Å². The molecule has 0 aliphatic rings. The second-order valence-corrected chi connectivity index (χ2v) is 7.11. The molecule has 2 aromatic rings. The summed E-state index contributed by atoms with van der Waals surface area (Å²) >= 11 is 0. The highest BCUT2D eigenvalue weighted by Crippen LogP contribution is 2.34. The lowest BCUT2D eigenvalue weighted by Crippen LogP contribution is -2.20. The van der Waals surface area contributed by atoms with Crippen molar-refractivity contribution in [3.8, 4) is 11.5 Å². The number of benzene rings is 2. The van der Waals surface area contributed by atoms with E-state index in [-0.39, 0.29) is 18.2 Å². The Morgan fingerprint density at radius 1 is 1.13 bits per heavy atom. The molecule has 0 spiro atoms. The smallest absolute Gasteiger partial charge is 0.149 e. The van der Waals surface area contributed by atoms with Gasteiger partial charge in [-0.2, -0.15) is 0 Å². The van der Waals surface area contributed by atoms with Crippen molar-refractivity contribution in [2.24, 2.45) is 11.7 Å². The zero-order valence-electron chi connectivity index (χ0n) is 20.7. The first-order chi connectivity index (χ1) is 14.9. The Kier molecular flexibility index (Phi) is 15.1. The number of ketones is 1. The first kappa shape index (κ1) is 28.6. The van der Waals surface area contributed by atoms with Gasteiger partial charge in [-0.05, 0) is 32.0 Å². The Morgan fingerprint density at radius 3 is 2.26 bits per heavy atom. The molecule has 0 aliphatic carbocycles. The van der Waals surface area contributed by atoms with Gasteiger partial charge in [0.2, 0.25) is 0 Å². The van der Waals surface area contributed by atoms with Crippen molar-refractivity contribution in [3.63, 3.8) is 0 Å². The van der Waals surface area contributed by atoms with E-state index < -0.39 is 0 Å². The summed E-state index contributed by atoms with van der Waals surface area (Å²) in [4.78, 5) is 10.6. The lowest BCUT2D eigenvalue weighted by molar-refractivity contribution is -0.121. The van der Waals surface area contributed by atoms with Gasteiger partial charge in [-0.1, -0.05) is 63.6 Å². The van der Waals surface area contributed by atoms with E-state index in [1.807, 2.05) is 46.9 Å². The molecule has 2 aromatic carbocycles. The van der Waals surface area contributed by atoms with Gasteiger partial charge in [0, 0.05) is 30.0 Å². The van der Waals surface area contributed by atoms with Gasteiger partial charge in [-0.3, -0.25) is 4.79 Å². The van der Waals surface area contributed by atoms with Crippen LogP contribution in [-0.4, -0.2) is 33.6 Å². The van der Waals surface area contributed by atoms with Gasteiger partial charge in [0.05, 0.1) is 20.8 Å². The molecule has 1 atom stereocenters. The number of carbonyl (C=O) groups excluding carboxylic acids is 1. The van der Waals surface area contributed by atoms with Crippen LogP contribution < -0.4 is 20.5 Å². The fraction of sp³-hybridized carbons (Fsp3) is 0.500. The van der Waals surface area contributed by atoms with Gasteiger partial charge in [0.25, 0.3) is 0 Å². The van der Waals surface area contributed by atoms with E-state index in [4.69, 9.17) is 15.2 Å². The molecule has 174 valence electrons. The van der Waals surface area contributed by atoms with Crippen LogP contribution in [-0.2, 0) is 17.8 Å². The number of hydrogen-bond donors (Lipinski definition) is 2. The minimum absolute atomic E-state index is 0.153. The molecule has 31 heavy (non-hydrogen) atoms. The maximum absolute atomic E-state index is 10.6. The Hall–Kier alpha value is -2.37. The highest BCUT2D eigenvalue weighted by Gasteiger charge is 2.15. The molecule has 0 radical (unpaired) electrons. The predicted octanol–water partition coefficient (Wildman–Crippen LogP) is 4.91. The summed E-state index contributed by atoms with van der Waals surface area (Å²) in [6.07, 6.45) is 1.70. The summed E-state index contributed by atoms with van der Waals surface area (Å²) in [6.45, 7) is 11.0. The van der Waals surface area contributed by atoms with Crippen molar-refractivity contribution in [1.29, 1.82) is 0 Å². The summed E-state index contributed by atoms with van der Waals surface area (Å²) in [6, 6.07) is 12.6. The Morgan fingerprint density at radius 2 is 1.81 bits per heavy atom. The summed E-state index contributed by atoms with van der Waals surface area (Å²) in [5, 5.41) is 3.18. The summed E-state index contributed by atoms with van der Waals surface area (Å²) in [5.74, 6) is 2.09. The number of methoxy groups -OCH3 is 2. The molecule has 2 rings (SSSR count).